The van der Waals surface area contributed by atoms with E-state index in [0.29, 0.717) is 0 Å². The van der Waals surface area contributed by atoms with Gasteiger partial charge in [-0.15, -0.1) is 0 Å². The van der Waals surface area contributed by atoms with E-state index in [4.69, 9.17) is 0 Å². The Kier molecular flexibility index (Phi) is 6.16. The van der Waals surface area contributed by atoms with E-state index in [9.17, 15) is 13.2 Å². The molecule has 0 fully saturated rings. The molecule has 1 aromatic carbocycles. The second-order valence-electron chi connectivity index (χ2n) is 3.98. The van der Waals surface area contributed by atoms with Crippen molar-refractivity contribution < 1.29 is 13.2 Å². The van der Waals surface area contributed by atoms with Crippen molar-refractivity contribution in [1.82, 2.24) is 0 Å². The zero-order valence-corrected chi connectivity index (χ0v) is 10.2. The van der Waals surface area contributed by atoms with Crippen molar-refractivity contribution in [1.29, 1.82) is 0 Å². The highest BCUT2D eigenvalue weighted by atomic mass is 19.4. The van der Waals surface area contributed by atoms with Gasteiger partial charge in [0.25, 0.3) is 0 Å². The number of halogens is 3. The molecule has 0 saturated carbocycles. The number of alkyl halides is 3. The quantitative estimate of drug-likeness (QED) is 0.620. The van der Waals surface area contributed by atoms with E-state index >= 15 is 0 Å². The second kappa shape index (κ2) is 6.56. The van der Waals surface area contributed by atoms with Crippen LogP contribution >= 0.6 is 0 Å². The van der Waals surface area contributed by atoms with Crippen LogP contribution in [0.4, 0.5) is 13.2 Å². The fourth-order valence-corrected chi connectivity index (χ4v) is 1.06. The maximum atomic E-state index is 12.1. The Morgan fingerprint density at radius 1 is 1.00 bits per heavy atom. The van der Waals surface area contributed by atoms with Crippen molar-refractivity contribution in [3.63, 3.8) is 0 Å². The average molecular weight is 232 g/mol. The fourth-order valence-electron chi connectivity index (χ4n) is 1.06. The molecule has 0 unspecified atom stereocenters. The van der Waals surface area contributed by atoms with Gasteiger partial charge >= 0.3 is 6.18 Å². The molecule has 0 radical (unpaired) electrons. The molecule has 0 aliphatic heterocycles. The predicted octanol–water partition coefficient (Wildman–Crippen LogP) is 5.25. The van der Waals surface area contributed by atoms with Crippen LogP contribution in [0.25, 0.3) is 0 Å². The molecule has 0 heterocycles. The molecular weight excluding hydrogens is 213 g/mol. The lowest BCUT2D eigenvalue weighted by molar-refractivity contribution is -0.137. The number of hydrogen-bond acceptors (Lipinski definition) is 0. The summed E-state index contributed by atoms with van der Waals surface area (Å²) in [5.41, 5.74) is 0.338. The molecule has 0 aliphatic rings. The lowest BCUT2D eigenvalue weighted by atomic mass is 10.0. The highest BCUT2D eigenvalue weighted by Crippen LogP contribution is 2.29. The largest absolute Gasteiger partial charge is 0.416 e. The van der Waals surface area contributed by atoms with Crippen LogP contribution in [0.3, 0.4) is 0 Å². The summed E-state index contributed by atoms with van der Waals surface area (Å²) in [4.78, 5) is 0. The van der Waals surface area contributed by atoms with Crippen LogP contribution in [0.15, 0.2) is 24.3 Å². The number of benzene rings is 1. The van der Waals surface area contributed by atoms with E-state index < -0.39 is 11.7 Å². The number of rotatable bonds is 1. The Balaban J connectivity index is 0.000000673. The highest BCUT2D eigenvalue weighted by Gasteiger charge is 2.29. The highest BCUT2D eigenvalue weighted by molar-refractivity contribution is 5.26. The molecule has 16 heavy (non-hydrogen) atoms. The van der Waals surface area contributed by atoms with E-state index in [1.165, 1.54) is 18.6 Å². The lowest BCUT2D eigenvalue weighted by Crippen LogP contribution is -2.04. The minimum atomic E-state index is -4.23. The Hall–Kier alpha value is -0.990. The molecule has 0 spiro atoms. The van der Waals surface area contributed by atoms with E-state index in [-0.39, 0.29) is 5.92 Å². The van der Waals surface area contributed by atoms with Gasteiger partial charge in [-0.05, 0) is 23.6 Å². The van der Waals surface area contributed by atoms with Crippen LogP contribution in [0.5, 0.6) is 0 Å². The summed E-state index contributed by atoms with van der Waals surface area (Å²) in [6.45, 7) is 8.14. The van der Waals surface area contributed by atoms with Gasteiger partial charge in [-0.2, -0.15) is 13.2 Å². The summed E-state index contributed by atoms with van der Waals surface area (Å²) in [5.74, 6) is 0.266. The van der Waals surface area contributed by atoms with Crippen LogP contribution in [0.2, 0.25) is 0 Å². The Bertz CT molecular complexity index is 283. The molecular formula is C13H19F3. The molecule has 0 N–H and O–H groups in total. The van der Waals surface area contributed by atoms with Gasteiger partial charge in [-0.25, -0.2) is 0 Å². The normalized spacial score (nSPS) is 11.0. The Morgan fingerprint density at radius 3 is 1.62 bits per heavy atom. The van der Waals surface area contributed by atoms with Crippen LogP contribution in [-0.4, -0.2) is 0 Å². The van der Waals surface area contributed by atoms with Crippen molar-refractivity contribution in [2.75, 3.05) is 0 Å². The van der Waals surface area contributed by atoms with Gasteiger partial charge in [-0.3, -0.25) is 0 Å². The van der Waals surface area contributed by atoms with Gasteiger partial charge in [0.1, 0.15) is 0 Å². The van der Waals surface area contributed by atoms with Crippen LogP contribution < -0.4 is 0 Å². The first-order valence-corrected chi connectivity index (χ1v) is 5.50. The zero-order chi connectivity index (χ0) is 12.8. The van der Waals surface area contributed by atoms with Gasteiger partial charge in [0.05, 0.1) is 5.56 Å². The average Bonchev–Trinajstić information content (AvgIpc) is 2.18. The molecule has 92 valence electrons. The van der Waals surface area contributed by atoms with Crippen LogP contribution in [0, 0.1) is 0 Å². The fraction of sp³-hybridized carbons (Fsp3) is 0.538. The third-order valence-corrected chi connectivity index (χ3v) is 1.90. The molecule has 0 bridgehead atoms. The number of hydrogen-bond donors (Lipinski definition) is 0. The first kappa shape index (κ1) is 15.0. The molecule has 1 rings (SSSR count). The first-order chi connectivity index (χ1) is 7.32. The van der Waals surface area contributed by atoms with Crippen molar-refractivity contribution in [2.45, 2.75) is 46.2 Å². The van der Waals surface area contributed by atoms with Gasteiger partial charge < -0.3 is 0 Å². The maximum absolute atomic E-state index is 12.1. The van der Waals surface area contributed by atoms with Gasteiger partial charge in [0.2, 0.25) is 0 Å². The summed E-state index contributed by atoms with van der Waals surface area (Å²) in [6.07, 6.45) is -2.98. The van der Waals surface area contributed by atoms with E-state index in [2.05, 4.69) is 13.8 Å². The summed E-state index contributed by atoms with van der Waals surface area (Å²) in [7, 11) is 0. The molecule has 0 nitrogen and oxygen atoms in total. The van der Waals surface area contributed by atoms with Crippen molar-refractivity contribution in [3.8, 4) is 0 Å². The lowest BCUT2D eigenvalue weighted by Gasteiger charge is -2.09. The Labute approximate surface area is 95.5 Å². The molecule has 0 atom stereocenters. The molecule has 0 aromatic heterocycles. The maximum Gasteiger partial charge on any atom is 0.416 e. The van der Waals surface area contributed by atoms with E-state index in [1.807, 2.05) is 13.8 Å². The minimum Gasteiger partial charge on any atom is -0.166 e. The molecule has 0 saturated heterocycles. The van der Waals surface area contributed by atoms with E-state index in [1.54, 1.807) is 0 Å². The third-order valence-electron chi connectivity index (χ3n) is 1.90. The smallest absolute Gasteiger partial charge is 0.166 e. The summed E-state index contributed by atoms with van der Waals surface area (Å²) >= 11 is 0. The summed E-state index contributed by atoms with van der Waals surface area (Å²) in [6, 6.07) is 5.28. The molecule has 3 heteroatoms. The molecule has 0 amide bonds. The van der Waals surface area contributed by atoms with Gasteiger partial charge in [-0.1, -0.05) is 46.2 Å². The van der Waals surface area contributed by atoms with Crippen molar-refractivity contribution >= 4 is 0 Å². The van der Waals surface area contributed by atoms with Crippen LogP contribution in [0.1, 0.15) is 51.2 Å². The monoisotopic (exact) mass is 232 g/mol. The Morgan fingerprint density at radius 2 is 1.38 bits per heavy atom. The van der Waals surface area contributed by atoms with Gasteiger partial charge in [0.15, 0.2) is 0 Å². The SMILES string of the molecule is CC(C)c1ccc(C(F)(F)F)cc1.CCC. The first-order valence-electron chi connectivity index (χ1n) is 5.50. The minimum absolute atomic E-state index is 0.266. The third kappa shape index (κ3) is 5.19. The molecule has 0 aliphatic carbocycles. The predicted molar refractivity (Wildman–Crippen MR) is 61.5 cm³/mol. The van der Waals surface area contributed by atoms with Crippen molar-refractivity contribution in [3.05, 3.63) is 35.4 Å². The topological polar surface area (TPSA) is 0 Å². The van der Waals surface area contributed by atoms with Crippen molar-refractivity contribution in [2.24, 2.45) is 0 Å². The summed E-state index contributed by atoms with van der Waals surface area (Å²) < 4.78 is 36.4. The standard InChI is InChI=1S/C10H11F3.C3H8/c1-7(2)8-3-5-9(6-4-8)10(11,12)13;1-3-2/h3-7H,1-2H3;3H2,1-2H3. The summed E-state index contributed by atoms with van der Waals surface area (Å²) in [5, 5.41) is 0. The van der Waals surface area contributed by atoms with Gasteiger partial charge in [0, 0.05) is 0 Å². The zero-order valence-electron chi connectivity index (χ0n) is 10.2. The second-order valence-corrected chi connectivity index (χ2v) is 3.98. The molecule has 1 aromatic rings. The van der Waals surface area contributed by atoms with E-state index in [0.717, 1.165) is 17.7 Å². The van der Waals surface area contributed by atoms with Crippen LogP contribution in [-0.2, 0) is 6.18 Å².